The van der Waals surface area contributed by atoms with E-state index in [9.17, 15) is 9.59 Å². The van der Waals surface area contributed by atoms with E-state index in [1.807, 2.05) is 0 Å². The number of esters is 1. The molecular weight excluding hydrogens is 352 g/mol. The van der Waals surface area contributed by atoms with Crippen molar-refractivity contribution in [2.45, 2.75) is 12.5 Å². The summed E-state index contributed by atoms with van der Waals surface area (Å²) in [5, 5.41) is 0. The van der Waals surface area contributed by atoms with Crippen molar-refractivity contribution < 1.29 is 33.3 Å². The number of methoxy groups -OCH3 is 4. The number of hydrogen-bond donors (Lipinski definition) is 0. The first-order valence-electron chi connectivity index (χ1n) is 8.25. The molecule has 3 rings (SSSR count). The highest BCUT2D eigenvalue weighted by Crippen LogP contribution is 2.43. The number of ketones is 1. The maximum Gasteiger partial charge on any atom is 0.343 e. The summed E-state index contributed by atoms with van der Waals surface area (Å²) in [5.41, 5.74) is 1.28. The van der Waals surface area contributed by atoms with Crippen LogP contribution in [0.3, 0.4) is 0 Å². The van der Waals surface area contributed by atoms with E-state index in [1.54, 1.807) is 30.3 Å². The maximum absolute atomic E-state index is 12.8. The van der Waals surface area contributed by atoms with E-state index < -0.39 is 12.1 Å². The zero-order chi connectivity index (χ0) is 19.6. The van der Waals surface area contributed by atoms with Gasteiger partial charge in [0, 0.05) is 11.6 Å². The molecule has 0 bridgehead atoms. The molecule has 2 aromatic carbocycles. The second-order valence-electron chi connectivity index (χ2n) is 5.85. The maximum atomic E-state index is 12.8. The lowest BCUT2D eigenvalue weighted by Crippen LogP contribution is -2.09. The smallest absolute Gasteiger partial charge is 0.343 e. The van der Waals surface area contributed by atoms with Gasteiger partial charge >= 0.3 is 5.97 Å². The fourth-order valence-corrected chi connectivity index (χ4v) is 3.13. The molecule has 1 heterocycles. The summed E-state index contributed by atoms with van der Waals surface area (Å²) >= 11 is 0. The molecular formula is C20H20O7. The van der Waals surface area contributed by atoms with Crippen LogP contribution in [0.25, 0.3) is 0 Å². The molecule has 0 N–H and O–H groups in total. The Labute approximate surface area is 156 Å². The molecule has 0 aromatic heterocycles. The van der Waals surface area contributed by atoms with Crippen molar-refractivity contribution in [3.63, 3.8) is 0 Å². The van der Waals surface area contributed by atoms with Crippen LogP contribution in [0, 0.1) is 0 Å². The SMILES string of the molecule is COc1ccc(C(=O)CC2OC(=O)c3c2ccc(OC)c3OC)c(OC)c1. The Morgan fingerprint density at radius 2 is 1.70 bits per heavy atom. The molecule has 0 saturated heterocycles. The number of cyclic esters (lactones) is 1. The van der Waals surface area contributed by atoms with Gasteiger partial charge in [-0.15, -0.1) is 0 Å². The molecule has 27 heavy (non-hydrogen) atoms. The van der Waals surface area contributed by atoms with Crippen LogP contribution in [0.15, 0.2) is 30.3 Å². The third kappa shape index (κ3) is 3.28. The predicted octanol–water partition coefficient (Wildman–Crippen LogP) is 3.21. The number of Topliss-reactive ketones (excluding diaryl/α,β-unsaturated/α-hetero) is 1. The molecule has 2 aromatic rings. The number of benzene rings is 2. The number of fused-ring (bicyclic) bond motifs is 1. The van der Waals surface area contributed by atoms with Gasteiger partial charge in [0.25, 0.3) is 0 Å². The minimum Gasteiger partial charge on any atom is -0.497 e. The molecule has 7 nitrogen and oxygen atoms in total. The zero-order valence-corrected chi connectivity index (χ0v) is 15.5. The van der Waals surface area contributed by atoms with Crippen LogP contribution in [0.1, 0.15) is 38.8 Å². The first-order valence-corrected chi connectivity index (χ1v) is 8.25. The first-order chi connectivity index (χ1) is 13.0. The minimum atomic E-state index is -0.702. The number of carbonyl (C=O) groups excluding carboxylic acids is 2. The van der Waals surface area contributed by atoms with Crippen molar-refractivity contribution in [3.8, 4) is 23.0 Å². The van der Waals surface area contributed by atoms with Crippen LogP contribution >= 0.6 is 0 Å². The summed E-state index contributed by atoms with van der Waals surface area (Å²) < 4.78 is 26.4. The van der Waals surface area contributed by atoms with Crippen LogP contribution in [0.2, 0.25) is 0 Å². The number of ether oxygens (including phenoxy) is 5. The van der Waals surface area contributed by atoms with E-state index in [0.29, 0.717) is 34.1 Å². The molecule has 1 aliphatic heterocycles. The molecule has 1 aliphatic rings. The summed E-state index contributed by atoms with van der Waals surface area (Å²) in [6.45, 7) is 0. The minimum absolute atomic E-state index is 0.0170. The van der Waals surface area contributed by atoms with Gasteiger partial charge in [0.2, 0.25) is 0 Å². The molecule has 142 valence electrons. The van der Waals surface area contributed by atoms with Crippen LogP contribution in [-0.4, -0.2) is 40.2 Å². The summed E-state index contributed by atoms with van der Waals surface area (Å²) in [6, 6.07) is 8.34. The largest absolute Gasteiger partial charge is 0.497 e. The average Bonchev–Trinajstić information content (AvgIpc) is 3.01. The van der Waals surface area contributed by atoms with E-state index in [4.69, 9.17) is 23.7 Å². The quantitative estimate of drug-likeness (QED) is 0.545. The Morgan fingerprint density at radius 3 is 2.33 bits per heavy atom. The Kier molecular flexibility index (Phi) is 5.21. The molecule has 0 amide bonds. The van der Waals surface area contributed by atoms with Gasteiger partial charge in [0.1, 0.15) is 23.2 Å². The van der Waals surface area contributed by atoms with Gasteiger partial charge in [0.05, 0.1) is 40.4 Å². The number of carbonyl (C=O) groups is 2. The van der Waals surface area contributed by atoms with Gasteiger partial charge in [-0.1, -0.05) is 6.07 Å². The van der Waals surface area contributed by atoms with Gasteiger partial charge < -0.3 is 23.7 Å². The van der Waals surface area contributed by atoms with Crippen LogP contribution in [0.5, 0.6) is 23.0 Å². The Morgan fingerprint density at radius 1 is 0.963 bits per heavy atom. The molecule has 0 saturated carbocycles. The zero-order valence-electron chi connectivity index (χ0n) is 15.5. The Balaban J connectivity index is 1.91. The number of rotatable bonds is 7. The highest BCUT2D eigenvalue weighted by atomic mass is 16.6. The molecule has 0 radical (unpaired) electrons. The fraction of sp³-hybridized carbons (Fsp3) is 0.300. The Hall–Kier alpha value is -3.22. The highest BCUT2D eigenvalue weighted by molar-refractivity contribution is 6.02. The average molecular weight is 372 g/mol. The molecule has 1 atom stereocenters. The molecule has 1 unspecified atom stereocenters. The Bertz CT molecular complexity index is 888. The van der Waals surface area contributed by atoms with Crippen molar-refractivity contribution in [1.82, 2.24) is 0 Å². The lowest BCUT2D eigenvalue weighted by atomic mass is 9.97. The van der Waals surface area contributed by atoms with E-state index in [1.165, 1.54) is 28.4 Å². The highest BCUT2D eigenvalue weighted by Gasteiger charge is 2.37. The van der Waals surface area contributed by atoms with Gasteiger partial charge in [0.15, 0.2) is 17.3 Å². The van der Waals surface area contributed by atoms with Crippen molar-refractivity contribution in [1.29, 1.82) is 0 Å². The topological polar surface area (TPSA) is 80.3 Å². The predicted molar refractivity (Wildman–Crippen MR) is 96.2 cm³/mol. The van der Waals surface area contributed by atoms with Crippen LogP contribution in [0.4, 0.5) is 0 Å². The van der Waals surface area contributed by atoms with E-state index >= 15 is 0 Å². The van der Waals surface area contributed by atoms with E-state index in [0.717, 1.165) is 0 Å². The van der Waals surface area contributed by atoms with Gasteiger partial charge in [-0.3, -0.25) is 4.79 Å². The summed E-state index contributed by atoms with van der Waals surface area (Å²) in [7, 11) is 5.95. The lowest BCUT2D eigenvalue weighted by molar-refractivity contribution is 0.0365. The lowest BCUT2D eigenvalue weighted by Gasteiger charge is -2.13. The van der Waals surface area contributed by atoms with E-state index in [-0.39, 0.29) is 17.8 Å². The summed E-state index contributed by atoms with van der Waals surface area (Å²) in [5.74, 6) is 0.957. The van der Waals surface area contributed by atoms with E-state index in [2.05, 4.69) is 0 Å². The first kappa shape index (κ1) is 18.6. The molecule has 7 heteroatoms. The second-order valence-corrected chi connectivity index (χ2v) is 5.85. The van der Waals surface area contributed by atoms with Gasteiger partial charge in [-0.25, -0.2) is 4.79 Å². The van der Waals surface area contributed by atoms with Gasteiger partial charge in [-0.05, 0) is 18.2 Å². The molecule has 0 aliphatic carbocycles. The normalized spacial score (nSPS) is 15.0. The second kappa shape index (κ2) is 7.57. The third-order valence-corrected chi connectivity index (χ3v) is 4.46. The molecule has 0 spiro atoms. The van der Waals surface area contributed by atoms with Crippen molar-refractivity contribution in [2.75, 3.05) is 28.4 Å². The summed E-state index contributed by atoms with van der Waals surface area (Å²) in [4.78, 5) is 25.1. The van der Waals surface area contributed by atoms with Gasteiger partial charge in [-0.2, -0.15) is 0 Å². The van der Waals surface area contributed by atoms with Crippen molar-refractivity contribution in [2.24, 2.45) is 0 Å². The van der Waals surface area contributed by atoms with Crippen molar-refractivity contribution in [3.05, 3.63) is 47.0 Å². The third-order valence-electron chi connectivity index (χ3n) is 4.46. The van der Waals surface area contributed by atoms with Crippen molar-refractivity contribution >= 4 is 11.8 Å². The molecule has 0 fully saturated rings. The monoisotopic (exact) mass is 372 g/mol. The standard InChI is InChI=1S/C20H20O7/c1-23-11-5-6-12(16(9-11)25-3)14(21)10-17-13-7-8-15(24-2)19(26-4)18(13)20(22)27-17/h5-9,17H,10H2,1-4H3. The van der Waals surface area contributed by atoms with Crippen LogP contribution in [-0.2, 0) is 4.74 Å². The fourth-order valence-electron chi connectivity index (χ4n) is 3.13. The summed E-state index contributed by atoms with van der Waals surface area (Å²) in [6.07, 6.45) is -0.719. The van der Waals surface area contributed by atoms with Crippen LogP contribution < -0.4 is 18.9 Å². The number of hydrogen-bond acceptors (Lipinski definition) is 7.